The van der Waals surface area contributed by atoms with E-state index >= 15 is 0 Å². The van der Waals surface area contributed by atoms with Crippen molar-refractivity contribution >= 4 is 12.0 Å². The third kappa shape index (κ3) is 4.27. The van der Waals surface area contributed by atoms with E-state index in [0.29, 0.717) is 18.4 Å². The fraction of sp³-hybridized carbons (Fsp3) is 0.333. The van der Waals surface area contributed by atoms with Gasteiger partial charge < -0.3 is 10.0 Å². The topological polar surface area (TPSA) is 58.4 Å². The number of aliphatic hydroxyl groups is 1. The maximum absolute atomic E-state index is 13.7. The zero-order valence-corrected chi connectivity index (χ0v) is 19.3. The number of halogens is 3. The maximum Gasteiger partial charge on any atom is 0.226 e. The summed E-state index contributed by atoms with van der Waals surface area (Å²) in [5.74, 6) is -2.18. The Morgan fingerprint density at radius 2 is 1.86 bits per heavy atom. The lowest BCUT2D eigenvalue weighted by Gasteiger charge is -2.37. The molecule has 0 unspecified atom stereocenters. The molecule has 8 heteroatoms. The lowest BCUT2D eigenvalue weighted by Crippen LogP contribution is -2.43. The van der Waals surface area contributed by atoms with E-state index in [2.05, 4.69) is 18.1 Å². The second-order valence-corrected chi connectivity index (χ2v) is 9.56. The highest BCUT2D eigenvalue weighted by molar-refractivity contribution is 5.82. The monoisotopic (exact) mass is 481 g/mol. The van der Waals surface area contributed by atoms with Crippen LogP contribution in [0, 0.1) is 28.8 Å². The Bertz CT molecular complexity index is 1280. The van der Waals surface area contributed by atoms with Gasteiger partial charge in [0.15, 0.2) is 0 Å². The quantitative estimate of drug-likeness (QED) is 0.557. The summed E-state index contributed by atoms with van der Waals surface area (Å²) in [5.41, 5.74) is 3.75. The average molecular weight is 482 g/mol. The smallest absolute Gasteiger partial charge is 0.226 e. The number of nitrogens with zero attached hydrogens (tertiary/aromatic N) is 3. The van der Waals surface area contributed by atoms with Gasteiger partial charge in [0.25, 0.3) is 0 Å². The number of allylic oxidation sites excluding steroid dienone is 1. The van der Waals surface area contributed by atoms with Crippen molar-refractivity contribution in [2.75, 3.05) is 13.2 Å². The molecule has 35 heavy (non-hydrogen) atoms. The zero-order chi connectivity index (χ0) is 24.7. The van der Waals surface area contributed by atoms with Crippen molar-refractivity contribution in [3.8, 4) is 5.69 Å². The third-order valence-electron chi connectivity index (χ3n) is 7.31. The lowest BCUT2D eigenvalue weighted by molar-refractivity contribution is -0.139. The third-order valence-corrected chi connectivity index (χ3v) is 7.31. The van der Waals surface area contributed by atoms with Gasteiger partial charge in [-0.3, -0.25) is 4.79 Å². The molecule has 0 aliphatic heterocycles. The van der Waals surface area contributed by atoms with Gasteiger partial charge >= 0.3 is 0 Å². The zero-order valence-electron chi connectivity index (χ0n) is 19.3. The molecule has 2 aliphatic carbocycles. The molecular formula is C27H26F3N3O2. The van der Waals surface area contributed by atoms with E-state index in [1.54, 1.807) is 23.0 Å². The molecule has 0 spiro atoms. The fourth-order valence-corrected chi connectivity index (χ4v) is 5.56. The van der Waals surface area contributed by atoms with Crippen LogP contribution in [0.2, 0.25) is 0 Å². The molecule has 182 valence electrons. The summed E-state index contributed by atoms with van der Waals surface area (Å²) < 4.78 is 42.6. The molecule has 1 saturated carbocycles. The van der Waals surface area contributed by atoms with Gasteiger partial charge in [-0.2, -0.15) is 5.10 Å². The highest BCUT2D eigenvalue weighted by Crippen LogP contribution is 2.53. The molecule has 2 aromatic carbocycles. The Morgan fingerprint density at radius 3 is 2.54 bits per heavy atom. The van der Waals surface area contributed by atoms with E-state index in [4.69, 9.17) is 0 Å². The Morgan fingerprint density at radius 1 is 1.14 bits per heavy atom. The Labute approximate surface area is 201 Å². The molecule has 3 aromatic rings. The standard InChI is InChI=1S/C27H26F3N3O2/c1-27-14-18-15-31-33(23-5-3-20(28)4-6-23)25(18)12-19(27)2-7-24(27)26(35)32(8-9-34)16-17-10-21(29)13-22(30)11-17/h3-6,10-13,15,24,34H,2,7-9,14,16H2,1H3/t24-,27+/m1/s1. The van der Waals surface area contributed by atoms with Crippen LogP contribution in [0.1, 0.15) is 36.6 Å². The van der Waals surface area contributed by atoms with Crippen molar-refractivity contribution in [1.29, 1.82) is 0 Å². The normalized spacial score (nSPS) is 20.8. The van der Waals surface area contributed by atoms with Gasteiger partial charge in [0.05, 0.1) is 24.2 Å². The second-order valence-electron chi connectivity index (χ2n) is 9.56. The number of aromatic nitrogens is 2. The van der Waals surface area contributed by atoms with Gasteiger partial charge in [0, 0.05) is 30.5 Å². The summed E-state index contributed by atoms with van der Waals surface area (Å²) in [7, 11) is 0. The van der Waals surface area contributed by atoms with E-state index in [1.165, 1.54) is 29.2 Å². The van der Waals surface area contributed by atoms with E-state index in [-0.39, 0.29) is 37.3 Å². The number of fused-ring (bicyclic) bond motifs is 2. The number of aliphatic hydroxyl groups excluding tert-OH is 1. The van der Waals surface area contributed by atoms with Crippen molar-refractivity contribution in [2.45, 2.75) is 32.7 Å². The molecular weight excluding hydrogens is 455 g/mol. The SMILES string of the molecule is C[C@]12Cc3cnn(-c4ccc(F)cc4)c3C=C1CC[C@@H]2C(=O)N(CCO)Cc1cc(F)cc(F)c1. The van der Waals surface area contributed by atoms with Crippen LogP contribution in [0.25, 0.3) is 11.8 Å². The van der Waals surface area contributed by atoms with Crippen LogP contribution >= 0.6 is 0 Å². The van der Waals surface area contributed by atoms with Crippen molar-refractivity contribution in [2.24, 2.45) is 11.3 Å². The molecule has 5 nitrogen and oxygen atoms in total. The van der Waals surface area contributed by atoms with Crippen molar-refractivity contribution in [1.82, 2.24) is 14.7 Å². The predicted molar refractivity (Wildman–Crippen MR) is 125 cm³/mol. The summed E-state index contributed by atoms with van der Waals surface area (Å²) in [6.07, 6.45) is 5.88. The van der Waals surface area contributed by atoms with Gasteiger partial charge in [-0.05, 0) is 72.9 Å². The van der Waals surface area contributed by atoms with Gasteiger partial charge in [-0.1, -0.05) is 12.5 Å². The van der Waals surface area contributed by atoms with Crippen LogP contribution in [0.5, 0.6) is 0 Å². The number of amides is 1. The Kier molecular flexibility index (Phi) is 6.01. The Balaban J connectivity index is 1.42. The minimum absolute atomic E-state index is 0.0213. The highest BCUT2D eigenvalue weighted by Gasteiger charge is 2.49. The van der Waals surface area contributed by atoms with Gasteiger partial charge in [-0.25, -0.2) is 17.9 Å². The first-order chi connectivity index (χ1) is 16.8. The number of carbonyl (C=O) groups is 1. The van der Waals surface area contributed by atoms with E-state index in [1.807, 2.05) is 0 Å². The number of hydrogen-bond acceptors (Lipinski definition) is 3. The van der Waals surface area contributed by atoms with Crippen molar-refractivity contribution < 1.29 is 23.1 Å². The summed E-state index contributed by atoms with van der Waals surface area (Å²) in [6.45, 7) is 1.93. The van der Waals surface area contributed by atoms with Gasteiger partial charge in [0.1, 0.15) is 17.5 Å². The fourth-order valence-electron chi connectivity index (χ4n) is 5.56. The number of benzene rings is 2. The molecule has 2 aliphatic rings. The summed E-state index contributed by atoms with van der Waals surface area (Å²) in [5, 5.41) is 14.1. The predicted octanol–water partition coefficient (Wildman–Crippen LogP) is 4.67. The van der Waals surface area contributed by atoms with E-state index in [9.17, 15) is 23.1 Å². The number of hydrogen-bond donors (Lipinski definition) is 1. The van der Waals surface area contributed by atoms with Gasteiger partial charge in [-0.15, -0.1) is 0 Å². The van der Waals surface area contributed by atoms with Crippen LogP contribution in [0.4, 0.5) is 13.2 Å². The summed E-state index contributed by atoms with van der Waals surface area (Å²) in [4.78, 5) is 15.2. The molecule has 1 aromatic heterocycles. The lowest BCUT2D eigenvalue weighted by atomic mass is 9.69. The van der Waals surface area contributed by atoms with Gasteiger partial charge in [0.2, 0.25) is 5.91 Å². The molecule has 0 saturated heterocycles. The van der Waals surface area contributed by atoms with Crippen LogP contribution < -0.4 is 0 Å². The molecule has 1 heterocycles. The van der Waals surface area contributed by atoms with E-state index in [0.717, 1.165) is 35.0 Å². The molecule has 1 amide bonds. The van der Waals surface area contributed by atoms with Crippen LogP contribution in [0.15, 0.2) is 54.2 Å². The second kappa shape index (κ2) is 9.00. The first-order valence-electron chi connectivity index (χ1n) is 11.7. The maximum atomic E-state index is 13.7. The highest BCUT2D eigenvalue weighted by atomic mass is 19.1. The summed E-state index contributed by atoms with van der Waals surface area (Å²) in [6, 6.07) is 9.36. The average Bonchev–Trinajstić information content (AvgIpc) is 3.36. The first kappa shape index (κ1) is 23.4. The molecule has 1 N–H and O–H groups in total. The largest absolute Gasteiger partial charge is 0.395 e. The minimum Gasteiger partial charge on any atom is -0.395 e. The molecule has 2 atom stereocenters. The van der Waals surface area contributed by atoms with Crippen LogP contribution in [-0.4, -0.2) is 38.8 Å². The minimum atomic E-state index is -0.701. The molecule has 5 rings (SSSR count). The van der Waals surface area contributed by atoms with Crippen molar-refractivity contribution in [3.63, 3.8) is 0 Å². The number of rotatable bonds is 6. The van der Waals surface area contributed by atoms with E-state index < -0.39 is 17.0 Å². The number of carbonyl (C=O) groups excluding carboxylic acids is 1. The first-order valence-corrected chi connectivity index (χ1v) is 11.7. The van der Waals surface area contributed by atoms with Crippen LogP contribution in [-0.2, 0) is 17.8 Å². The Hall–Kier alpha value is -3.39. The van der Waals surface area contributed by atoms with Crippen LogP contribution in [0.3, 0.4) is 0 Å². The summed E-state index contributed by atoms with van der Waals surface area (Å²) >= 11 is 0. The molecule has 1 fully saturated rings. The molecule has 0 bridgehead atoms. The van der Waals surface area contributed by atoms with Crippen molar-refractivity contribution in [3.05, 3.63) is 88.5 Å². The molecule has 0 radical (unpaired) electrons.